The maximum Gasteiger partial charge on any atom is 0.419 e. The van der Waals surface area contributed by atoms with Crippen LogP contribution < -0.4 is 5.32 Å². The first-order chi connectivity index (χ1) is 6.78. The number of hydrogen-bond donors (Lipinski definition) is 2. The van der Waals surface area contributed by atoms with E-state index in [0.29, 0.717) is 11.4 Å². The van der Waals surface area contributed by atoms with Gasteiger partial charge in [-0.1, -0.05) is 0 Å². The third kappa shape index (κ3) is 5.90. The normalized spacial score (nSPS) is 10.9. The molecule has 0 aromatic rings. The quantitative estimate of drug-likeness (QED) is 0.742. The lowest BCUT2D eigenvalue weighted by Crippen LogP contribution is -2.43. The van der Waals surface area contributed by atoms with Gasteiger partial charge < -0.3 is 15.2 Å². The fourth-order valence-corrected chi connectivity index (χ4v) is 0.806. The molecule has 0 radical (unpaired) electrons. The van der Waals surface area contributed by atoms with Crippen molar-refractivity contribution in [2.24, 2.45) is 0 Å². The highest BCUT2D eigenvalue weighted by molar-refractivity contribution is 5.86. The summed E-state index contributed by atoms with van der Waals surface area (Å²) < 4.78 is 4.94. The summed E-state index contributed by atoms with van der Waals surface area (Å²) in [4.78, 5) is 22.8. The van der Waals surface area contributed by atoms with Gasteiger partial charge in [-0.2, -0.15) is 0 Å². The molecule has 2 N–H and O–H groups in total. The Morgan fingerprint density at radius 3 is 2.27 bits per heavy atom. The van der Waals surface area contributed by atoms with Crippen molar-refractivity contribution in [1.82, 2.24) is 10.2 Å². The lowest BCUT2D eigenvalue weighted by molar-refractivity contribution is 0.0272. The smallest absolute Gasteiger partial charge is 0.419 e. The second-order valence-corrected chi connectivity index (χ2v) is 4.02. The van der Waals surface area contributed by atoms with E-state index in [1.54, 1.807) is 27.8 Å². The summed E-state index contributed by atoms with van der Waals surface area (Å²) in [5, 5.41) is 11.5. The van der Waals surface area contributed by atoms with Crippen LogP contribution in [0.25, 0.3) is 0 Å². The van der Waals surface area contributed by atoms with Gasteiger partial charge in [-0.15, -0.1) is 0 Å². The van der Waals surface area contributed by atoms with Gasteiger partial charge in [0.15, 0.2) is 0 Å². The first-order valence-electron chi connectivity index (χ1n) is 4.66. The highest BCUT2D eigenvalue weighted by Crippen LogP contribution is 2.09. The van der Waals surface area contributed by atoms with E-state index in [-0.39, 0.29) is 6.54 Å². The molecule has 0 unspecified atom stereocenters. The summed E-state index contributed by atoms with van der Waals surface area (Å²) in [7, 11) is 1.68. The Morgan fingerprint density at radius 2 is 1.93 bits per heavy atom. The highest BCUT2D eigenvalue weighted by Gasteiger charge is 2.26. The number of carbonyl (C=O) groups excluding carboxylic acids is 1. The lowest BCUT2D eigenvalue weighted by atomic mass is 10.2. The molecule has 0 saturated carbocycles. The van der Waals surface area contributed by atoms with Crippen LogP contribution in [0.3, 0.4) is 0 Å². The van der Waals surface area contributed by atoms with Crippen molar-refractivity contribution in [3.63, 3.8) is 0 Å². The summed E-state index contributed by atoms with van der Waals surface area (Å²) in [6.07, 6.45) is -2.15. The molecule has 0 fully saturated rings. The number of rotatable bonds is 3. The van der Waals surface area contributed by atoms with Crippen molar-refractivity contribution in [3.8, 4) is 0 Å². The van der Waals surface area contributed by atoms with E-state index >= 15 is 0 Å². The van der Waals surface area contributed by atoms with E-state index in [0.717, 1.165) is 0 Å². The fourth-order valence-electron chi connectivity index (χ4n) is 0.806. The third-order valence-electron chi connectivity index (χ3n) is 1.43. The van der Waals surface area contributed by atoms with E-state index in [1.165, 1.54) is 0 Å². The lowest BCUT2D eigenvalue weighted by Gasteiger charge is -2.24. The number of imide groups is 1. The van der Waals surface area contributed by atoms with Crippen LogP contribution in [0.4, 0.5) is 9.59 Å². The van der Waals surface area contributed by atoms with Gasteiger partial charge in [0.1, 0.15) is 5.60 Å². The summed E-state index contributed by atoms with van der Waals surface area (Å²) >= 11 is 0. The molecule has 15 heavy (non-hydrogen) atoms. The SMILES string of the molecule is CNCCN(C(=O)O)C(=O)OC(C)(C)C. The topological polar surface area (TPSA) is 78.9 Å². The first kappa shape index (κ1) is 13.7. The van der Waals surface area contributed by atoms with E-state index in [4.69, 9.17) is 9.84 Å². The molecule has 0 saturated heterocycles. The number of ether oxygens (including phenoxy) is 1. The van der Waals surface area contributed by atoms with Crippen LogP contribution >= 0.6 is 0 Å². The van der Waals surface area contributed by atoms with Crippen molar-refractivity contribution < 1.29 is 19.4 Å². The van der Waals surface area contributed by atoms with Crippen LogP contribution in [-0.4, -0.2) is 47.9 Å². The summed E-state index contributed by atoms with van der Waals surface area (Å²) in [6.45, 7) is 5.52. The summed E-state index contributed by atoms with van der Waals surface area (Å²) in [5.41, 5.74) is -0.690. The monoisotopic (exact) mass is 218 g/mol. The predicted octanol–water partition coefficient (Wildman–Crippen LogP) is 1.12. The molecular weight excluding hydrogens is 200 g/mol. The van der Waals surface area contributed by atoms with Gasteiger partial charge in [0.25, 0.3) is 0 Å². The highest BCUT2D eigenvalue weighted by atomic mass is 16.6. The molecule has 0 aromatic carbocycles. The fraction of sp³-hybridized carbons (Fsp3) is 0.778. The van der Waals surface area contributed by atoms with E-state index in [2.05, 4.69) is 5.32 Å². The predicted molar refractivity (Wildman–Crippen MR) is 54.9 cm³/mol. The van der Waals surface area contributed by atoms with Crippen molar-refractivity contribution in [3.05, 3.63) is 0 Å². The average molecular weight is 218 g/mol. The molecular formula is C9H18N2O4. The molecule has 6 nitrogen and oxygen atoms in total. The number of amides is 2. The Kier molecular flexibility index (Phi) is 5.07. The van der Waals surface area contributed by atoms with Crippen LogP contribution in [0.15, 0.2) is 0 Å². The van der Waals surface area contributed by atoms with E-state index < -0.39 is 17.8 Å². The van der Waals surface area contributed by atoms with Crippen molar-refractivity contribution in [2.45, 2.75) is 26.4 Å². The summed E-state index contributed by atoms with van der Waals surface area (Å²) in [6, 6.07) is 0. The van der Waals surface area contributed by atoms with Gasteiger partial charge >= 0.3 is 12.2 Å². The number of hydrogen-bond acceptors (Lipinski definition) is 4. The Hall–Kier alpha value is -1.30. The van der Waals surface area contributed by atoms with Gasteiger partial charge in [0.2, 0.25) is 0 Å². The van der Waals surface area contributed by atoms with Crippen LogP contribution in [0.2, 0.25) is 0 Å². The van der Waals surface area contributed by atoms with Crippen LogP contribution in [0.1, 0.15) is 20.8 Å². The molecule has 2 amide bonds. The largest absolute Gasteiger partial charge is 0.465 e. The van der Waals surface area contributed by atoms with Crippen molar-refractivity contribution >= 4 is 12.2 Å². The molecule has 0 bridgehead atoms. The van der Waals surface area contributed by atoms with Gasteiger partial charge in [-0.3, -0.25) is 0 Å². The number of likely N-dealkylation sites (N-methyl/N-ethyl adjacent to an activating group) is 1. The zero-order valence-electron chi connectivity index (χ0n) is 9.53. The zero-order valence-corrected chi connectivity index (χ0v) is 9.53. The Bertz CT molecular complexity index is 235. The molecule has 88 valence electrons. The maximum absolute atomic E-state index is 11.4. The Morgan fingerprint density at radius 1 is 1.40 bits per heavy atom. The summed E-state index contributed by atoms with van der Waals surface area (Å²) in [5.74, 6) is 0. The molecule has 0 rings (SSSR count). The second kappa shape index (κ2) is 5.55. The van der Waals surface area contributed by atoms with Crippen molar-refractivity contribution in [1.29, 1.82) is 0 Å². The molecule has 0 spiro atoms. The van der Waals surface area contributed by atoms with Crippen molar-refractivity contribution in [2.75, 3.05) is 20.1 Å². The first-order valence-corrected chi connectivity index (χ1v) is 4.66. The third-order valence-corrected chi connectivity index (χ3v) is 1.43. The van der Waals surface area contributed by atoms with E-state index in [9.17, 15) is 9.59 Å². The number of nitrogens with zero attached hydrogens (tertiary/aromatic N) is 1. The van der Waals surface area contributed by atoms with Crippen LogP contribution in [-0.2, 0) is 4.74 Å². The Balaban J connectivity index is 4.36. The second-order valence-electron chi connectivity index (χ2n) is 4.02. The van der Waals surface area contributed by atoms with Gasteiger partial charge in [-0.05, 0) is 27.8 Å². The molecule has 0 aliphatic rings. The minimum absolute atomic E-state index is 0.0702. The zero-order chi connectivity index (χ0) is 12.1. The number of carbonyl (C=O) groups is 2. The Labute approximate surface area is 89.2 Å². The average Bonchev–Trinajstić information content (AvgIpc) is 2.00. The van der Waals surface area contributed by atoms with Gasteiger partial charge in [0, 0.05) is 13.1 Å². The van der Waals surface area contributed by atoms with Gasteiger partial charge in [-0.25, -0.2) is 14.5 Å². The number of nitrogens with one attached hydrogen (secondary N) is 1. The molecule has 0 aliphatic carbocycles. The molecule has 0 atom stereocenters. The molecule has 0 heterocycles. The minimum Gasteiger partial charge on any atom is -0.465 e. The molecule has 6 heteroatoms. The minimum atomic E-state index is -1.31. The molecule has 0 aliphatic heterocycles. The molecule has 0 aromatic heterocycles. The van der Waals surface area contributed by atoms with Crippen LogP contribution in [0.5, 0.6) is 0 Å². The number of carboxylic acid groups (broad SMARTS) is 1. The van der Waals surface area contributed by atoms with Crippen LogP contribution in [0, 0.1) is 0 Å². The van der Waals surface area contributed by atoms with Gasteiger partial charge in [0.05, 0.1) is 0 Å². The standard InChI is InChI=1S/C9H18N2O4/c1-9(2,3)15-8(14)11(7(12)13)6-5-10-4/h10H,5-6H2,1-4H3,(H,12,13). The maximum atomic E-state index is 11.4. The van der Waals surface area contributed by atoms with E-state index in [1.807, 2.05) is 0 Å².